The lowest BCUT2D eigenvalue weighted by molar-refractivity contribution is -0.904. The Labute approximate surface area is 178 Å². The number of nitrogens with zero attached hydrogens (tertiary/aromatic N) is 1. The molecular formula is C18H25B2F8NO2. The molecule has 3 nitrogen and oxygen atoms in total. The molecule has 0 spiro atoms. The molecule has 0 saturated heterocycles. The highest BCUT2D eigenvalue weighted by atomic mass is 19.5. The summed E-state index contributed by atoms with van der Waals surface area (Å²) in [6.07, 6.45) is 2.98. The van der Waals surface area contributed by atoms with Crippen LogP contribution in [0.5, 0.6) is 0 Å². The quantitative estimate of drug-likeness (QED) is 0.164. The molecule has 0 saturated carbocycles. The highest BCUT2D eigenvalue weighted by Crippen LogP contribution is 2.33. The maximum Gasteiger partial charge on any atom is 0.673 e. The molecule has 2 rings (SSSR count). The number of hydrogen-bond acceptors (Lipinski definition) is 1. The second-order valence-electron chi connectivity index (χ2n) is 8.34. The van der Waals surface area contributed by atoms with Crippen molar-refractivity contribution in [3.63, 3.8) is 0 Å². The highest BCUT2D eigenvalue weighted by molar-refractivity contribution is 6.50. The van der Waals surface area contributed by atoms with E-state index in [9.17, 15) is 39.7 Å². The summed E-state index contributed by atoms with van der Waals surface area (Å²) in [7, 11) is -12.0. The lowest BCUT2D eigenvalue weighted by Crippen LogP contribution is -2.27. The third kappa shape index (κ3) is 14.3. The molecule has 2 heterocycles. The van der Waals surface area contributed by atoms with Crippen LogP contribution in [0.1, 0.15) is 55.8 Å². The van der Waals surface area contributed by atoms with Crippen LogP contribution in [0, 0.1) is 0 Å². The van der Waals surface area contributed by atoms with Gasteiger partial charge in [-0.05, 0) is 47.1 Å². The Morgan fingerprint density at radius 2 is 1.03 bits per heavy atom. The van der Waals surface area contributed by atoms with E-state index in [0.29, 0.717) is 17.1 Å². The summed E-state index contributed by atoms with van der Waals surface area (Å²) < 4.78 is 102. The number of pyridine rings is 1. The van der Waals surface area contributed by atoms with Crippen LogP contribution >= 0.6 is 0 Å². The van der Waals surface area contributed by atoms with Gasteiger partial charge in [-0.25, -0.2) is 4.42 Å². The standard InChI is InChI=1S/C18H25NO2.2BF4/c1-17(2,3)15-11-14(12-16(21-15)18(4,5)6)13-7-9-19(20)10-8-13;2*2-1(3,4)5/h7-12,20H,1-6H3;;/q+2;2*-1/i11D,12D;;. The van der Waals surface area contributed by atoms with Crippen molar-refractivity contribution >= 4 is 14.5 Å². The third-order valence-electron chi connectivity index (χ3n) is 3.15. The van der Waals surface area contributed by atoms with E-state index in [-0.39, 0.29) is 22.9 Å². The van der Waals surface area contributed by atoms with Gasteiger partial charge in [0.05, 0.1) is 13.6 Å². The minimum atomic E-state index is -6.00. The molecule has 176 valence electrons. The van der Waals surface area contributed by atoms with Crippen LogP contribution in [0.3, 0.4) is 0 Å². The van der Waals surface area contributed by atoms with Crippen molar-refractivity contribution in [1.29, 1.82) is 0 Å². The molecule has 0 aliphatic carbocycles. The van der Waals surface area contributed by atoms with Gasteiger partial charge in [-0.3, -0.25) is 5.21 Å². The Hall–Kier alpha value is -2.33. The zero-order valence-corrected chi connectivity index (χ0v) is 17.8. The van der Waals surface area contributed by atoms with Crippen LogP contribution in [0.4, 0.5) is 34.5 Å². The van der Waals surface area contributed by atoms with Crippen molar-refractivity contribution in [2.75, 3.05) is 0 Å². The fourth-order valence-electron chi connectivity index (χ4n) is 1.82. The van der Waals surface area contributed by atoms with E-state index in [1.54, 1.807) is 12.1 Å². The van der Waals surface area contributed by atoms with Crippen molar-refractivity contribution < 1.29 is 51.6 Å². The van der Waals surface area contributed by atoms with Gasteiger partial charge in [0.2, 0.25) is 12.4 Å². The van der Waals surface area contributed by atoms with Crippen LogP contribution in [-0.4, -0.2) is 19.7 Å². The summed E-state index contributed by atoms with van der Waals surface area (Å²) in [6.45, 7) is 12.0. The lowest BCUT2D eigenvalue weighted by atomic mass is 9.88. The third-order valence-corrected chi connectivity index (χ3v) is 3.15. The van der Waals surface area contributed by atoms with Gasteiger partial charge in [-0.15, -0.1) is 0 Å². The van der Waals surface area contributed by atoms with E-state index in [2.05, 4.69) is 0 Å². The van der Waals surface area contributed by atoms with Gasteiger partial charge >= 0.3 is 26.0 Å². The van der Waals surface area contributed by atoms with E-state index in [0.717, 1.165) is 10.3 Å². The van der Waals surface area contributed by atoms with E-state index < -0.39 is 14.5 Å². The predicted molar refractivity (Wildman–Crippen MR) is 104 cm³/mol. The lowest BCUT2D eigenvalue weighted by Gasteiger charge is -2.14. The molecule has 31 heavy (non-hydrogen) atoms. The zero-order valence-electron chi connectivity index (χ0n) is 19.8. The van der Waals surface area contributed by atoms with Gasteiger partial charge in [0, 0.05) is 34.5 Å². The minimum absolute atomic E-state index is 0.228. The molecule has 13 heteroatoms. The normalized spacial score (nSPS) is 13.2. The first-order chi connectivity index (χ1) is 14.4. The van der Waals surface area contributed by atoms with Crippen molar-refractivity contribution in [3.8, 4) is 11.1 Å². The molecule has 2 aromatic rings. The largest absolute Gasteiger partial charge is 0.673 e. The van der Waals surface area contributed by atoms with Crippen molar-refractivity contribution in [2.45, 2.75) is 52.4 Å². The van der Waals surface area contributed by atoms with Crippen molar-refractivity contribution in [1.82, 2.24) is 0 Å². The van der Waals surface area contributed by atoms with Crippen molar-refractivity contribution in [2.24, 2.45) is 0 Å². The molecule has 0 unspecified atom stereocenters. The zero-order chi connectivity index (χ0) is 26.6. The smallest absolute Gasteiger partial charge is 0.418 e. The molecule has 0 aliphatic heterocycles. The van der Waals surface area contributed by atoms with Crippen LogP contribution in [-0.2, 0) is 10.8 Å². The second-order valence-corrected chi connectivity index (χ2v) is 8.34. The summed E-state index contributed by atoms with van der Waals surface area (Å²) in [6, 6.07) is 3.85. The second kappa shape index (κ2) is 10.3. The number of halogens is 8. The van der Waals surface area contributed by atoms with E-state index >= 15 is 0 Å². The first-order valence-corrected chi connectivity index (χ1v) is 8.86. The maximum absolute atomic E-state index is 9.75. The van der Waals surface area contributed by atoms with Gasteiger partial charge in [0.25, 0.3) is 0 Å². The summed E-state index contributed by atoms with van der Waals surface area (Å²) in [5, 5.41) is 9.41. The van der Waals surface area contributed by atoms with Crippen LogP contribution in [0.15, 0.2) is 41.0 Å². The average molecular weight is 463 g/mol. The number of rotatable bonds is 1. The molecule has 0 radical (unpaired) electrons. The molecule has 0 aliphatic rings. The molecule has 0 atom stereocenters. The molecule has 1 N–H and O–H groups in total. The van der Waals surface area contributed by atoms with E-state index in [4.69, 9.17) is 7.16 Å². The van der Waals surface area contributed by atoms with Crippen molar-refractivity contribution in [3.05, 3.63) is 48.1 Å². The SMILES string of the molecule is F[B-](F)(F)F.F[B-](F)(F)F.[2H]c1c(C(C)(C)C)[o+]c(C(C)(C)C)c([2H])c1-c1cc[n+](O)cc1. The number of aromatic nitrogens is 1. The topological polar surface area (TPSA) is 35.4 Å². The van der Waals surface area contributed by atoms with E-state index in [1.165, 1.54) is 12.4 Å². The predicted octanol–water partition coefficient (Wildman–Crippen LogP) is 6.95. The summed E-state index contributed by atoms with van der Waals surface area (Å²) in [5.41, 5.74) is 0.569. The minimum Gasteiger partial charge on any atom is -0.418 e. The van der Waals surface area contributed by atoms with Gasteiger partial charge in [-0.2, -0.15) is 0 Å². The Morgan fingerprint density at radius 1 is 0.742 bits per heavy atom. The Bertz CT molecular complexity index is 864. The molecule has 2 aromatic heterocycles. The Kier molecular flexibility index (Phi) is 8.30. The maximum atomic E-state index is 9.75. The first kappa shape index (κ1) is 24.9. The average Bonchev–Trinajstić information content (AvgIpc) is 2.51. The Balaban J connectivity index is 0.000000859. The summed E-state index contributed by atoms with van der Waals surface area (Å²) in [5.74, 6) is 1.13. The Morgan fingerprint density at radius 3 is 1.29 bits per heavy atom. The molecule has 0 bridgehead atoms. The first-order valence-electron chi connectivity index (χ1n) is 9.86. The fourth-order valence-corrected chi connectivity index (χ4v) is 1.82. The van der Waals surface area contributed by atoms with Gasteiger partial charge < -0.3 is 34.5 Å². The fraction of sp³-hybridized carbons (Fsp3) is 0.444. The molecule has 0 aromatic carbocycles. The van der Waals surface area contributed by atoms with Gasteiger partial charge in [-0.1, -0.05) is 0 Å². The van der Waals surface area contributed by atoms with Gasteiger partial charge in [0.15, 0.2) is 0 Å². The summed E-state index contributed by atoms with van der Waals surface area (Å²) >= 11 is 0. The van der Waals surface area contributed by atoms with E-state index in [1.807, 2.05) is 41.5 Å². The molecular weight excluding hydrogens is 436 g/mol. The van der Waals surface area contributed by atoms with Crippen LogP contribution in [0.25, 0.3) is 11.1 Å². The summed E-state index contributed by atoms with van der Waals surface area (Å²) in [4.78, 5) is 0. The monoisotopic (exact) mass is 463 g/mol. The van der Waals surface area contributed by atoms with Crippen LogP contribution in [0.2, 0.25) is 0 Å². The molecule has 0 amide bonds. The molecule has 0 fully saturated rings. The van der Waals surface area contributed by atoms with Crippen LogP contribution < -0.4 is 4.73 Å². The van der Waals surface area contributed by atoms with Gasteiger partial charge in [0.1, 0.15) is 0 Å². The highest BCUT2D eigenvalue weighted by Gasteiger charge is 2.34. The number of hydrogen-bond donors (Lipinski definition) is 1.